The minimum Gasteiger partial charge on any atom is -0.493 e. The van der Waals surface area contributed by atoms with Crippen LogP contribution in [0.1, 0.15) is 15.9 Å². The molecule has 0 spiro atoms. The largest absolute Gasteiger partial charge is 0.493 e. The number of benzene rings is 2. The molecule has 0 aromatic heterocycles. The minimum absolute atomic E-state index is 0.207. The number of nitrogen functional groups attached to an aromatic ring is 2. The standard InChI is InChI=1S/C15H15BrN2O3/c1-20-13-6-11(12(16)7-14(13)21-2)15(19)8-3-9(17)5-10(18)4-8/h3-7H,17-18H2,1-2H3. The van der Waals surface area contributed by atoms with Gasteiger partial charge in [0.05, 0.1) is 14.2 Å². The zero-order valence-corrected chi connectivity index (χ0v) is 13.2. The van der Waals surface area contributed by atoms with E-state index in [9.17, 15) is 4.79 Å². The van der Waals surface area contributed by atoms with Crippen LogP contribution >= 0.6 is 15.9 Å². The van der Waals surface area contributed by atoms with Crippen LogP contribution in [0.5, 0.6) is 11.5 Å². The molecule has 0 aliphatic heterocycles. The van der Waals surface area contributed by atoms with Gasteiger partial charge in [0.1, 0.15) is 0 Å². The quantitative estimate of drug-likeness (QED) is 0.653. The zero-order chi connectivity index (χ0) is 15.6. The number of anilines is 2. The van der Waals surface area contributed by atoms with Gasteiger partial charge in [-0.05, 0) is 46.3 Å². The number of nitrogens with two attached hydrogens (primary N) is 2. The number of halogens is 1. The molecule has 0 atom stereocenters. The van der Waals surface area contributed by atoms with Crippen LogP contribution in [0.25, 0.3) is 0 Å². The van der Waals surface area contributed by atoms with E-state index in [0.717, 1.165) is 0 Å². The molecule has 4 N–H and O–H groups in total. The van der Waals surface area contributed by atoms with Gasteiger partial charge in [-0.2, -0.15) is 0 Å². The Labute approximate surface area is 131 Å². The smallest absolute Gasteiger partial charge is 0.194 e. The molecule has 0 bridgehead atoms. The number of hydrogen-bond acceptors (Lipinski definition) is 5. The van der Waals surface area contributed by atoms with Crippen molar-refractivity contribution >= 4 is 33.1 Å². The lowest BCUT2D eigenvalue weighted by molar-refractivity contribution is 0.103. The summed E-state index contributed by atoms with van der Waals surface area (Å²) in [6.07, 6.45) is 0. The number of ether oxygens (including phenoxy) is 2. The normalized spacial score (nSPS) is 10.2. The highest BCUT2D eigenvalue weighted by atomic mass is 79.9. The molecule has 5 nitrogen and oxygen atoms in total. The molecule has 0 aliphatic carbocycles. The average molecular weight is 351 g/mol. The van der Waals surface area contributed by atoms with Gasteiger partial charge >= 0.3 is 0 Å². The third-order valence-corrected chi connectivity index (χ3v) is 3.61. The van der Waals surface area contributed by atoms with E-state index >= 15 is 0 Å². The third kappa shape index (κ3) is 3.11. The fourth-order valence-corrected chi connectivity index (χ4v) is 2.49. The van der Waals surface area contributed by atoms with E-state index in [2.05, 4.69) is 15.9 Å². The van der Waals surface area contributed by atoms with Crippen molar-refractivity contribution in [3.63, 3.8) is 0 Å². The Hall–Kier alpha value is -2.21. The first kappa shape index (κ1) is 15.2. The molecule has 21 heavy (non-hydrogen) atoms. The van der Waals surface area contributed by atoms with Gasteiger partial charge in [0.25, 0.3) is 0 Å². The van der Waals surface area contributed by atoms with Crippen molar-refractivity contribution in [3.8, 4) is 11.5 Å². The summed E-state index contributed by atoms with van der Waals surface area (Å²) in [5.41, 5.74) is 13.2. The van der Waals surface area contributed by atoms with Crippen LogP contribution in [0.3, 0.4) is 0 Å². The molecule has 2 rings (SSSR count). The lowest BCUT2D eigenvalue weighted by Gasteiger charge is -2.12. The van der Waals surface area contributed by atoms with Gasteiger partial charge in [-0.3, -0.25) is 4.79 Å². The Morgan fingerprint density at radius 3 is 2.00 bits per heavy atom. The lowest BCUT2D eigenvalue weighted by Crippen LogP contribution is -2.05. The van der Waals surface area contributed by atoms with E-state index < -0.39 is 0 Å². The summed E-state index contributed by atoms with van der Waals surface area (Å²) in [6, 6.07) is 8.07. The van der Waals surface area contributed by atoms with E-state index in [1.165, 1.54) is 14.2 Å². The van der Waals surface area contributed by atoms with Crippen LogP contribution in [-0.2, 0) is 0 Å². The molecule has 0 amide bonds. The summed E-state index contributed by atoms with van der Waals surface area (Å²) in [5, 5.41) is 0. The van der Waals surface area contributed by atoms with Crippen molar-refractivity contribution in [3.05, 3.63) is 45.9 Å². The Bertz CT molecular complexity index is 681. The second kappa shape index (κ2) is 6.05. The molecular formula is C15H15BrN2O3. The number of hydrogen-bond donors (Lipinski definition) is 2. The number of carbonyl (C=O) groups excluding carboxylic acids is 1. The molecule has 0 unspecified atom stereocenters. The highest BCUT2D eigenvalue weighted by molar-refractivity contribution is 9.10. The number of rotatable bonds is 4. The molecule has 0 heterocycles. The molecule has 2 aromatic rings. The van der Waals surface area contributed by atoms with E-state index in [0.29, 0.717) is 38.5 Å². The first-order chi connectivity index (χ1) is 9.96. The van der Waals surface area contributed by atoms with Crippen molar-refractivity contribution in [1.82, 2.24) is 0 Å². The van der Waals surface area contributed by atoms with Crippen LogP contribution in [0.15, 0.2) is 34.8 Å². The second-order valence-corrected chi connectivity index (χ2v) is 5.26. The van der Waals surface area contributed by atoms with Gasteiger partial charge in [-0.1, -0.05) is 0 Å². The Morgan fingerprint density at radius 2 is 1.48 bits per heavy atom. The van der Waals surface area contributed by atoms with Gasteiger partial charge < -0.3 is 20.9 Å². The predicted molar refractivity (Wildman–Crippen MR) is 85.9 cm³/mol. The van der Waals surface area contributed by atoms with Crippen molar-refractivity contribution in [2.75, 3.05) is 25.7 Å². The van der Waals surface area contributed by atoms with E-state index in [4.69, 9.17) is 20.9 Å². The van der Waals surface area contributed by atoms with E-state index in [1.54, 1.807) is 30.3 Å². The minimum atomic E-state index is -0.207. The maximum atomic E-state index is 12.6. The lowest BCUT2D eigenvalue weighted by atomic mass is 10.0. The summed E-state index contributed by atoms with van der Waals surface area (Å²) in [4.78, 5) is 12.6. The van der Waals surface area contributed by atoms with E-state index in [1.807, 2.05) is 0 Å². The van der Waals surface area contributed by atoms with Crippen molar-refractivity contribution in [2.45, 2.75) is 0 Å². The number of ketones is 1. The van der Waals surface area contributed by atoms with Crippen LogP contribution in [0.2, 0.25) is 0 Å². The molecule has 2 aromatic carbocycles. The molecule has 0 saturated heterocycles. The fraction of sp³-hybridized carbons (Fsp3) is 0.133. The molecular weight excluding hydrogens is 336 g/mol. The van der Waals surface area contributed by atoms with Crippen LogP contribution < -0.4 is 20.9 Å². The highest BCUT2D eigenvalue weighted by Crippen LogP contribution is 2.34. The Kier molecular flexibility index (Phi) is 4.37. The van der Waals surface area contributed by atoms with Gasteiger partial charge in [0.2, 0.25) is 0 Å². The monoisotopic (exact) mass is 350 g/mol. The molecule has 0 fully saturated rings. The van der Waals surface area contributed by atoms with Gasteiger partial charge in [0, 0.05) is 27.0 Å². The van der Waals surface area contributed by atoms with Crippen LogP contribution in [-0.4, -0.2) is 20.0 Å². The second-order valence-electron chi connectivity index (χ2n) is 4.40. The van der Waals surface area contributed by atoms with Crippen molar-refractivity contribution in [1.29, 1.82) is 0 Å². The average Bonchev–Trinajstić information content (AvgIpc) is 2.45. The predicted octanol–water partition coefficient (Wildman–Crippen LogP) is 2.86. The maximum absolute atomic E-state index is 12.6. The topological polar surface area (TPSA) is 87.6 Å². The van der Waals surface area contributed by atoms with Crippen molar-refractivity contribution in [2.24, 2.45) is 0 Å². The number of carbonyl (C=O) groups is 1. The summed E-state index contributed by atoms with van der Waals surface area (Å²) in [7, 11) is 3.04. The Morgan fingerprint density at radius 1 is 0.952 bits per heavy atom. The zero-order valence-electron chi connectivity index (χ0n) is 11.6. The third-order valence-electron chi connectivity index (χ3n) is 2.96. The molecule has 0 saturated carbocycles. The van der Waals surface area contributed by atoms with Gasteiger partial charge in [0.15, 0.2) is 17.3 Å². The summed E-state index contributed by atoms with van der Waals surface area (Å²) in [6.45, 7) is 0. The summed E-state index contributed by atoms with van der Waals surface area (Å²) < 4.78 is 11.0. The molecule has 0 aliphatic rings. The first-order valence-electron chi connectivity index (χ1n) is 6.08. The molecule has 6 heteroatoms. The summed E-state index contributed by atoms with van der Waals surface area (Å²) in [5.74, 6) is 0.802. The highest BCUT2D eigenvalue weighted by Gasteiger charge is 2.17. The maximum Gasteiger partial charge on any atom is 0.194 e. The first-order valence-corrected chi connectivity index (χ1v) is 6.87. The summed E-state index contributed by atoms with van der Waals surface area (Å²) >= 11 is 3.37. The van der Waals surface area contributed by atoms with Crippen LogP contribution in [0.4, 0.5) is 11.4 Å². The Balaban J connectivity index is 2.52. The molecule has 110 valence electrons. The van der Waals surface area contributed by atoms with Crippen molar-refractivity contribution < 1.29 is 14.3 Å². The van der Waals surface area contributed by atoms with Gasteiger partial charge in [-0.25, -0.2) is 0 Å². The van der Waals surface area contributed by atoms with Crippen LogP contribution in [0, 0.1) is 0 Å². The molecule has 0 radical (unpaired) electrons. The SMILES string of the molecule is COc1cc(Br)c(C(=O)c2cc(N)cc(N)c2)cc1OC. The van der Waals surface area contributed by atoms with Gasteiger partial charge in [-0.15, -0.1) is 0 Å². The number of methoxy groups -OCH3 is 2. The van der Waals surface area contributed by atoms with E-state index in [-0.39, 0.29) is 5.78 Å². The fourth-order valence-electron chi connectivity index (χ4n) is 1.99.